The Balaban J connectivity index is 2.98. The lowest BCUT2D eigenvalue weighted by molar-refractivity contribution is -0.144. The van der Waals surface area contributed by atoms with Crippen LogP contribution in [0.25, 0.3) is 0 Å². The summed E-state index contributed by atoms with van der Waals surface area (Å²) in [6.45, 7) is 3.63. The fraction of sp³-hybridized carbons (Fsp3) is 0.333. The normalized spacial score (nSPS) is 11.4. The van der Waals surface area contributed by atoms with Gasteiger partial charge >= 0.3 is 5.97 Å². The molecule has 0 aliphatic carbocycles. The molecule has 1 aromatic rings. The number of carboxylic acids is 1. The molecule has 1 atom stereocenters. The van der Waals surface area contributed by atoms with E-state index in [1.807, 2.05) is 6.07 Å². The topological polar surface area (TPSA) is 79.5 Å². The van der Waals surface area contributed by atoms with Gasteiger partial charge in [0, 0.05) is 6.07 Å². The second-order valence-corrected chi connectivity index (χ2v) is 3.30. The Bertz CT molecular complexity index is 450. The van der Waals surface area contributed by atoms with Crippen molar-refractivity contribution in [3.05, 3.63) is 23.8 Å². The first-order valence-corrected chi connectivity index (χ1v) is 5.15. The minimum absolute atomic E-state index is 0.320. The highest BCUT2D eigenvalue weighted by Crippen LogP contribution is 2.29. The van der Waals surface area contributed by atoms with E-state index < -0.39 is 12.1 Å². The van der Waals surface area contributed by atoms with Gasteiger partial charge in [-0.2, -0.15) is 5.26 Å². The number of nitriles is 1. The first kappa shape index (κ1) is 12.8. The van der Waals surface area contributed by atoms with Gasteiger partial charge in [0.2, 0.25) is 0 Å². The Morgan fingerprint density at radius 3 is 2.76 bits per heavy atom. The first-order valence-electron chi connectivity index (χ1n) is 5.15. The van der Waals surface area contributed by atoms with Crippen molar-refractivity contribution in [1.82, 2.24) is 0 Å². The van der Waals surface area contributed by atoms with Gasteiger partial charge < -0.3 is 14.6 Å². The Hall–Kier alpha value is -2.22. The number of nitrogens with zero attached hydrogens (tertiary/aromatic N) is 1. The summed E-state index contributed by atoms with van der Waals surface area (Å²) in [7, 11) is 0. The largest absolute Gasteiger partial charge is 0.490 e. The average molecular weight is 235 g/mol. The van der Waals surface area contributed by atoms with Gasteiger partial charge in [0.1, 0.15) is 0 Å². The molecule has 0 aliphatic rings. The van der Waals surface area contributed by atoms with E-state index in [2.05, 4.69) is 0 Å². The van der Waals surface area contributed by atoms with E-state index in [4.69, 9.17) is 19.8 Å². The Labute approximate surface area is 99.2 Å². The molecule has 0 saturated carbocycles. The summed E-state index contributed by atoms with van der Waals surface area (Å²) in [6, 6.07) is 6.58. The molecule has 90 valence electrons. The van der Waals surface area contributed by atoms with Crippen LogP contribution in [0.5, 0.6) is 11.5 Å². The van der Waals surface area contributed by atoms with E-state index in [9.17, 15) is 4.79 Å². The fourth-order valence-electron chi connectivity index (χ4n) is 1.18. The SMILES string of the molecule is CCOc1cc(C#N)ccc1O[C@H](C)C(=O)O. The van der Waals surface area contributed by atoms with Gasteiger partial charge in [-0.05, 0) is 26.0 Å². The molecule has 0 fully saturated rings. The van der Waals surface area contributed by atoms with E-state index in [1.165, 1.54) is 19.1 Å². The van der Waals surface area contributed by atoms with Crippen LogP contribution in [-0.2, 0) is 4.79 Å². The highest BCUT2D eigenvalue weighted by molar-refractivity contribution is 5.72. The molecular formula is C12H13NO4. The predicted molar refractivity (Wildman–Crippen MR) is 60.1 cm³/mol. The minimum Gasteiger partial charge on any atom is -0.490 e. The van der Waals surface area contributed by atoms with E-state index in [-0.39, 0.29) is 0 Å². The smallest absolute Gasteiger partial charge is 0.344 e. The van der Waals surface area contributed by atoms with Crippen LogP contribution >= 0.6 is 0 Å². The molecule has 0 heterocycles. The third kappa shape index (κ3) is 3.38. The number of carboxylic acid groups (broad SMARTS) is 1. The zero-order valence-electron chi connectivity index (χ0n) is 9.64. The van der Waals surface area contributed by atoms with Gasteiger partial charge in [0.25, 0.3) is 0 Å². The summed E-state index contributed by atoms with van der Waals surface area (Å²) < 4.78 is 10.5. The van der Waals surface area contributed by atoms with Gasteiger partial charge in [-0.15, -0.1) is 0 Å². The second-order valence-electron chi connectivity index (χ2n) is 3.30. The molecule has 0 bridgehead atoms. The minimum atomic E-state index is -1.06. The van der Waals surface area contributed by atoms with Gasteiger partial charge in [0.05, 0.1) is 18.2 Å². The Kier molecular flexibility index (Phi) is 4.35. The molecule has 0 aromatic heterocycles. The monoisotopic (exact) mass is 235 g/mol. The number of carbonyl (C=O) groups is 1. The van der Waals surface area contributed by atoms with Crippen molar-refractivity contribution in [3.63, 3.8) is 0 Å². The fourth-order valence-corrected chi connectivity index (χ4v) is 1.18. The highest BCUT2D eigenvalue weighted by atomic mass is 16.5. The lowest BCUT2D eigenvalue weighted by atomic mass is 10.2. The standard InChI is InChI=1S/C12H13NO4/c1-3-16-11-6-9(7-13)4-5-10(11)17-8(2)12(14)15/h4-6,8H,3H2,1-2H3,(H,14,15)/t8-/m1/s1. The van der Waals surface area contributed by atoms with Crippen molar-refractivity contribution in [2.24, 2.45) is 0 Å². The highest BCUT2D eigenvalue weighted by Gasteiger charge is 2.15. The van der Waals surface area contributed by atoms with Crippen LogP contribution < -0.4 is 9.47 Å². The van der Waals surface area contributed by atoms with Crippen molar-refractivity contribution in [1.29, 1.82) is 5.26 Å². The van der Waals surface area contributed by atoms with Crippen LogP contribution in [-0.4, -0.2) is 23.8 Å². The molecule has 0 unspecified atom stereocenters. The zero-order chi connectivity index (χ0) is 12.8. The zero-order valence-corrected chi connectivity index (χ0v) is 9.64. The van der Waals surface area contributed by atoms with Crippen LogP contribution in [0.4, 0.5) is 0 Å². The number of aliphatic carboxylic acids is 1. The van der Waals surface area contributed by atoms with Gasteiger partial charge in [-0.1, -0.05) is 0 Å². The van der Waals surface area contributed by atoms with Crippen LogP contribution in [0, 0.1) is 11.3 Å². The van der Waals surface area contributed by atoms with Gasteiger partial charge in [-0.3, -0.25) is 0 Å². The second kappa shape index (κ2) is 5.75. The predicted octanol–water partition coefficient (Wildman–Crippen LogP) is 1.81. The van der Waals surface area contributed by atoms with Crippen LogP contribution in [0.1, 0.15) is 19.4 Å². The van der Waals surface area contributed by atoms with Crippen LogP contribution in [0.2, 0.25) is 0 Å². The molecule has 1 N–H and O–H groups in total. The lowest BCUT2D eigenvalue weighted by Crippen LogP contribution is -2.23. The van der Waals surface area contributed by atoms with Crippen molar-refractivity contribution in [3.8, 4) is 17.6 Å². The first-order chi connectivity index (χ1) is 8.08. The van der Waals surface area contributed by atoms with E-state index >= 15 is 0 Å². The molecule has 0 aliphatic heterocycles. The summed E-state index contributed by atoms with van der Waals surface area (Å²) >= 11 is 0. The molecule has 0 amide bonds. The molecule has 0 saturated heterocycles. The summed E-state index contributed by atoms with van der Waals surface area (Å²) in [5, 5.41) is 17.5. The van der Waals surface area contributed by atoms with Crippen molar-refractivity contribution >= 4 is 5.97 Å². The third-order valence-electron chi connectivity index (χ3n) is 2.02. The van der Waals surface area contributed by atoms with Crippen LogP contribution in [0.3, 0.4) is 0 Å². The molecule has 5 heteroatoms. The molecular weight excluding hydrogens is 222 g/mol. The van der Waals surface area contributed by atoms with Crippen molar-refractivity contribution in [2.75, 3.05) is 6.61 Å². The summed E-state index contributed by atoms with van der Waals surface area (Å²) in [5.74, 6) is -0.364. The summed E-state index contributed by atoms with van der Waals surface area (Å²) in [4.78, 5) is 10.7. The number of benzene rings is 1. The number of rotatable bonds is 5. The van der Waals surface area contributed by atoms with Gasteiger partial charge in [0.15, 0.2) is 17.6 Å². The maximum Gasteiger partial charge on any atom is 0.344 e. The van der Waals surface area contributed by atoms with E-state index in [0.29, 0.717) is 23.7 Å². The Morgan fingerprint density at radius 1 is 1.53 bits per heavy atom. The summed E-state index contributed by atoms with van der Waals surface area (Å²) in [5.41, 5.74) is 0.434. The number of ether oxygens (including phenoxy) is 2. The Morgan fingerprint density at radius 2 is 2.24 bits per heavy atom. The van der Waals surface area contributed by atoms with Crippen LogP contribution in [0.15, 0.2) is 18.2 Å². The maximum absolute atomic E-state index is 10.7. The molecule has 17 heavy (non-hydrogen) atoms. The quantitative estimate of drug-likeness (QED) is 0.841. The molecule has 5 nitrogen and oxygen atoms in total. The molecule has 1 rings (SSSR count). The number of hydrogen-bond donors (Lipinski definition) is 1. The van der Waals surface area contributed by atoms with Crippen molar-refractivity contribution in [2.45, 2.75) is 20.0 Å². The van der Waals surface area contributed by atoms with E-state index in [1.54, 1.807) is 13.0 Å². The lowest BCUT2D eigenvalue weighted by Gasteiger charge is -2.14. The summed E-state index contributed by atoms with van der Waals surface area (Å²) in [6.07, 6.45) is -0.970. The van der Waals surface area contributed by atoms with Crippen molar-refractivity contribution < 1.29 is 19.4 Å². The maximum atomic E-state index is 10.7. The number of hydrogen-bond acceptors (Lipinski definition) is 4. The molecule has 1 aromatic carbocycles. The molecule has 0 radical (unpaired) electrons. The average Bonchev–Trinajstić information content (AvgIpc) is 2.31. The van der Waals surface area contributed by atoms with E-state index in [0.717, 1.165) is 0 Å². The van der Waals surface area contributed by atoms with Gasteiger partial charge in [-0.25, -0.2) is 4.79 Å². The molecule has 0 spiro atoms. The third-order valence-corrected chi connectivity index (χ3v) is 2.02.